The van der Waals surface area contributed by atoms with Crippen LogP contribution in [0.25, 0.3) is 0 Å². The van der Waals surface area contributed by atoms with E-state index in [-0.39, 0.29) is 46.6 Å². The summed E-state index contributed by atoms with van der Waals surface area (Å²) < 4.78 is 15.4. The van der Waals surface area contributed by atoms with Crippen LogP contribution in [0.1, 0.15) is 85.5 Å². The number of carbonyl (C=O) groups is 2. The van der Waals surface area contributed by atoms with Crippen LogP contribution in [-0.4, -0.2) is 54.4 Å². The molecule has 0 bridgehead atoms. The van der Waals surface area contributed by atoms with Gasteiger partial charge in [0.05, 0.1) is 25.9 Å². The summed E-state index contributed by atoms with van der Waals surface area (Å²) in [5.74, 6) is 1.46. The molecule has 4 rings (SSSR count). The Kier molecular flexibility index (Phi) is 7.78. The van der Waals surface area contributed by atoms with Crippen molar-refractivity contribution in [2.45, 2.75) is 104 Å². The van der Waals surface area contributed by atoms with Gasteiger partial charge in [0.1, 0.15) is 6.10 Å². The number of rotatable bonds is 6. The van der Waals surface area contributed by atoms with Crippen molar-refractivity contribution in [1.82, 2.24) is 0 Å². The molecule has 0 heterocycles. The first-order valence-corrected chi connectivity index (χ1v) is 13.8. The Bertz CT molecular complexity index is 785. The topological polar surface area (TPSA) is 102 Å². The molecule has 7 heteroatoms. The van der Waals surface area contributed by atoms with Crippen LogP contribution >= 0.6 is 0 Å². The summed E-state index contributed by atoms with van der Waals surface area (Å²) in [6.07, 6.45) is 5.58. The molecule has 4 aliphatic carbocycles. The third-order valence-electron chi connectivity index (χ3n) is 11.1. The fraction of sp³-hybridized carbons (Fsp3) is 0.929. The number of esters is 1. The number of fused-ring (bicyclic) bond motifs is 5. The predicted molar refractivity (Wildman–Crippen MR) is 130 cm³/mol. The lowest BCUT2D eigenvalue weighted by molar-refractivity contribution is -0.207. The molecule has 0 aliphatic heterocycles. The highest BCUT2D eigenvalue weighted by Gasteiger charge is 2.65. The first-order valence-electron chi connectivity index (χ1n) is 13.8. The number of carbonyl (C=O) groups excluding carboxylic acids is 2. The summed E-state index contributed by atoms with van der Waals surface area (Å²) in [7, 11) is 1.43. The summed E-state index contributed by atoms with van der Waals surface area (Å²) in [5.41, 5.74) is -0.222. The highest BCUT2D eigenvalue weighted by Crippen LogP contribution is 2.68. The van der Waals surface area contributed by atoms with E-state index in [1.165, 1.54) is 7.11 Å². The third-order valence-corrected chi connectivity index (χ3v) is 11.1. The zero-order valence-corrected chi connectivity index (χ0v) is 22.2. The summed E-state index contributed by atoms with van der Waals surface area (Å²) in [5, 5.41) is 23.2. The largest absolute Gasteiger partial charge is 0.508 e. The van der Waals surface area contributed by atoms with Crippen LogP contribution in [0.5, 0.6) is 0 Å². The standard InChI is InChI=1S/C28H46O7/c1-6-34-26(32)35-18-11-12-27(3)17(13-18)14-22(29)25-20-9-8-19(16(2)7-10-24(31)33-5)28(20,4)23(30)15-21(25)27/h16-23,25,29-30H,6-15H2,1-5H3/t16-,17-,18-,19+,20-,21-,22-,23-,25-,27-,28+/m0/s1. The lowest BCUT2D eigenvalue weighted by Crippen LogP contribution is -2.62. The summed E-state index contributed by atoms with van der Waals surface area (Å²) >= 11 is 0. The Morgan fingerprint density at radius 3 is 2.49 bits per heavy atom. The van der Waals surface area contributed by atoms with Crippen LogP contribution in [0.4, 0.5) is 4.79 Å². The molecule has 35 heavy (non-hydrogen) atoms. The van der Waals surface area contributed by atoms with Crippen molar-refractivity contribution in [2.24, 2.45) is 46.3 Å². The quantitative estimate of drug-likeness (QED) is 0.515. The number of methoxy groups -OCH3 is 1. The van der Waals surface area contributed by atoms with Crippen molar-refractivity contribution >= 4 is 12.1 Å². The van der Waals surface area contributed by atoms with E-state index in [1.807, 2.05) is 0 Å². The Morgan fingerprint density at radius 1 is 1.06 bits per heavy atom. The van der Waals surface area contributed by atoms with Crippen LogP contribution in [0.2, 0.25) is 0 Å². The summed E-state index contributed by atoms with van der Waals surface area (Å²) in [4.78, 5) is 23.6. The van der Waals surface area contributed by atoms with Gasteiger partial charge in [-0.15, -0.1) is 0 Å². The fourth-order valence-corrected chi connectivity index (χ4v) is 9.16. The average Bonchev–Trinajstić information content (AvgIpc) is 3.17. The van der Waals surface area contributed by atoms with Gasteiger partial charge < -0.3 is 24.4 Å². The van der Waals surface area contributed by atoms with E-state index in [9.17, 15) is 19.8 Å². The second-order valence-electron chi connectivity index (χ2n) is 12.4. The minimum atomic E-state index is -0.600. The maximum absolute atomic E-state index is 11.9. The lowest BCUT2D eigenvalue weighted by atomic mass is 9.43. The normalized spacial score (nSPS) is 45.5. The highest BCUT2D eigenvalue weighted by atomic mass is 16.7. The predicted octanol–water partition coefficient (Wildman–Crippen LogP) is 4.72. The molecule has 0 aromatic carbocycles. The van der Waals surface area contributed by atoms with Gasteiger partial charge in [-0.2, -0.15) is 0 Å². The van der Waals surface area contributed by atoms with Gasteiger partial charge in [-0.3, -0.25) is 4.79 Å². The fourth-order valence-electron chi connectivity index (χ4n) is 9.16. The van der Waals surface area contributed by atoms with Gasteiger partial charge in [0, 0.05) is 6.42 Å². The number of hydrogen-bond donors (Lipinski definition) is 2. The average molecular weight is 495 g/mol. The van der Waals surface area contributed by atoms with Gasteiger partial charge in [-0.1, -0.05) is 20.8 Å². The minimum Gasteiger partial charge on any atom is -0.469 e. The van der Waals surface area contributed by atoms with Gasteiger partial charge in [-0.25, -0.2) is 4.79 Å². The molecule has 0 aromatic rings. The van der Waals surface area contributed by atoms with Crippen molar-refractivity contribution in [3.05, 3.63) is 0 Å². The summed E-state index contributed by atoms with van der Waals surface area (Å²) in [6, 6.07) is 0. The molecule has 0 spiro atoms. The van der Waals surface area contributed by atoms with Crippen molar-refractivity contribution < 1.29 is 34.0 Å². The Hall–Kier alpha value is -1.34. The van der Waals surface area contributed by atoms with Gasteiger partial charge >= 0.3 is 12.1 Å². The highest BCUT2D eigenvalue weighted by molar-refractivity contribution is 5.69. The maximum atomic E-state index is 11.9. The third kappa shape index (κ3) is 4.60. The zero-order chi connectivity index (χ0) is 25.5. The van der Waals surface area contributed by atoms with Crippen molar-refractivity contribution in [3.63, 3.8) is 0 Å². The Balaban J connectivity index is 1.50. The van der Waals surface area contributed by atoms with Crippen LogP contribution in [0.15, 0.2) is 0 Å². The van der Waals surface area contributed by atoms with E-state index in [1.54, 1.807) is 6.92 Å². The lowest BCUT2D eigenvalue weighted by Gasteiger charge is -2.63. The minimum absolute atomic E-state index is 0.0231. The molecule has 4 fully saturated rings. The van der Waals surface area contributed by atoms with E-state index in [2.05, 4.69) is 20.8 Å². The van der Waals surface area contributed by atoms with Gasteiger partial charge in [0.2, 0.25) is 0 Å². The molecule has 0 amide bonds. The van der Waals surface area contributed by atoms with E-state index in [0.29, 0.717) is 31.3 Å². The molecule has 200 valence electrons. The summed E-state index contributed by atoms with van der Waals surface area (Å²) in [6.45, 7) is 8.88. The molecule has 0 aromatic heterocycles. The van der Waals surface area contributed by atoms with E-state index >= 15 is 0 Å². The van der Waals surface area contributed by atoms with E-state index in [0.717, 1.165) is 44.9 Å². The molecule has 7 nitrogen and oxygen atoms in total. The van der Waals surface area contributed by atoms with Crippen LogP contribution in [-0.2, 0) is 19.0 Å². The van der Waals surface area contributed by atoms with Crippen molar-refractivity contribution in [2.75, 3.05) is 13.7 Å². The molecule has 0 saturated heterocycles. The van der Waals surface area contributed by atoms with Crippen molar-refractivity contribution in [1.29, 1.82) is 0 Å². The van der Waals surface area contributed by atoms with Gasteiger partial charge in [0.25, 0.3) is 0 Å². The van der Waals surface area contributed by atoms with Crippen molar-refractivity contribution in [3.8, 4) is 0 Å². The molecule has 2 N–H and O–H groups in total. The first-order chi connectivity index (χ1) is 16.6. The second-order valence-corrected chi connectivity index (χ2v) is 12.4. The maximum Gasteiger partial charge on any atom is 0.508 e. The Labute approximate surface area is 210 Å². The van der Waals surface area contributed by atoms with Gasteiger partial charge in [-0.05, 0) is 105 Å². The van der Waals surface area contributed by atoms with Crippen LogP contribution in [0, 0.1) is 46.3 Å². The molecule has 4 saturated carbocycles. The molecule has 0 unspecified atom stereocenters. The SMILES string of the molecule is CCOC(=O)O[C@H]1CC[C@@]2(C)[C@@H](C1)C[C@H](O)[C@@H]1[C@@H]2C[C@H](O)[C@]2(C)[C@@H]([C@@H](C)CCC(=O)OC)CC[C@@H]12. The first kappa shape index (κ1) is 26.7. The van der Waals surface area contributed by atoms with E-state index < -0.39 is 18.4 Å². The number of aliphatic hydroxyl groups is 2. The molecule has 4 aliphatic rings. The van der Waals surface area contributed by atoms with E-state index in [4.69, 9.17) is 14.2 Å². The zero-order valence-electron chi connectivity index (χ0n) is 22.2. The molecular formula is C28H46O7. The molecule has 11 atom stereocenters. The number of ether oxygens (including phenoxy) is 3. The number of aliphatic hydroxyl groups excluding tert-OH is 2. The number of hydrogen-bond acceptors (Lipinski definition) is 7. The monoisotopic (exact) mass is 494 g/mol. The van der Waals surface area contributed by atoms with Gasteiger partial charge in [0.15, 0.2) is 0 Å². The molecular weight excluding hydrogens is 448 g/mol. The van der Waals surface area contributed by atoms with Crippen LogP contribution in [0.3, 0.4) is 0 Å². The second kappa shape index (κ2) is 10.2. The van der Waals surface area contributed by atoms with Crippen LogP contribution < -0.4 is 0 Å². The molecule has 0 radical (unpaired) electrons. The smallest absolute Gasteiger partial charge is 0.469 e. The Morgan fingerprint density at radius 2 is 1.80 bits per heavy atom.